The van der Waals surface area contributed by atoms with E-state index in [2.05, 4.69) is 29.9 Å². The van der Waals surface area contributed by atoms with Crippen molar-refractivity contribution >= 4 is 29.4 Å². The number of aryl methyl sites for hydroxylation is 1. The van der Waals surface area contributed by atoms with Crippen LogP contribution in [0.2, 0.25) is 0 Å². The second-order valence-corrected chi connectivity index (χ2v) is 11.4. The number of carbonyl (C=O) groups excluding carboxylic acids is 4. The van der Waals surface area contributed by atoms with E-state index in [1.54, 1.807) is 9.80 Å². The minimum atomic E-state index is -0.669. The standard InChI is InChI=1S/C28H42N6O4/c1-6-19(5)29-25(36)20-11-12-21-23(15-20)34-27(32(26(21)37)14-13-17(2)3)31-33(28(34)38)16-24(35)30-22-10-8-7-9-18(22)4/h7-10,17,19-21,23,27,31H,6,11-16H2,1-5H3,(H,29,36)(H,30,35). The summed E-state index contributed by atoms with van der Waals surface area (Å²) in [5, 5.41) is 7.25. The van der Waals surface area contributed by atoms with Crippen molar-refractivity contribution in [2.45, 2.75) is 85.1 Å². The Balaban J connectivity index is 1.53. The first-order valence-corrected chi connectivity index (χ1v) is 13.9. The Bertz CT molecular complexity index is 1060. The van der Waals surface area contributed by atoms with Gasteiger partial charge in [-0.25, -0.2) is 9.80 Å². The summed E-state index contributed by atoms with van der Waals surface area (Å²) >= 11 is 0. The zero-order valence-corrected chi connectivity index (χ0v) is 23.2. The van der Waals surface area contributed by atoms with E-state index in [0.717, 1.165) is 18.4 Å². The molecular weight excluding hydrogens is 484 g/mol. The highest BCUT2D eigenvalue weighted by atomic mass is 16.2. The summed E-state index contributed by atoms with van der Waals surface area (Å²) in [5.41, 5.74) is 4.77. The van der Waals surface area contributed by atoms with Crippen LogP contribution in [0.3, 0.4) is 0 Å². The van der Waals surface area contributed by atoms with Crippen molar-refractivity contribution in [1.29, 1.82) is 0 Å². The van der Waals surface area contributed by atoms with E-state index < -0.39 is 12.3 Å². The normalized spacial score (nSPS) is 25.8. The number of amides is 5. The van der Waals surface area contributed by atoms with Gasteiger partial charge in [-0.05, 0) is 63.5 Å². The predicted molar refractivity (Wildman–Crippen MR) is 144 cm³/mol. The van der Waals surface area contributed by atoms with Crippen molar-refractivity contribution in [3.05, 3.63) is 29.8 Å². The van der Waals surface area contributed by atoms with Gasteiger partial charge in [0.1, 0.15) is 6.54 Å². The van der Waals surface area contributed by atoms with Crippen LogP contribution in [0.5, 0.6) is 0 Å². The molecule has 2 aliphatic heterocycles. The zero-order valence-electron chi connectivity index (χ0n) is 23.2. The van der Waals surface area contributed by atoms with Gasteiger partial charge in [0, 0.05) is 30.2 Å². The third-order valence-electron chi connectivity index (χ3n) is 8.10. The number of urea groups is 1. The Morgan fingerprint density at radius 3 is 2.55 bits per heavy atom. The van der Waals surface area contributed by atoms with Gasteiger partial charge in [-0.15, -0.1) is 0 Å². The van der Waals surface area contributed by atoms with Crippen LogP contribution in [0, 0.1) is 24.7 Å². The summed E-state index contributed by atoms with van der Waals surface area (Å²) in [7, 11) is 0. The van der Waals surface area contributed by atoms with Crippen LogP contribution in [-0.4, -0.2) is 70.0 Å². The van der Waals surface area contributed by atoms with E-state index in [9.17, 15) is 19.2 Å². The van der Waals surface area contributed by atoms with Gasteiger partial charge >= 0.3 is 6.03 Å². The zero-order chi connectivity index (χ0) is 27.6. The first-order valence-electron chi connectivity index (χ1n) is 13.9. The molecule has 10 heteroatoms. The molecule has 10 nitrogen and oxygen atoms in total. The molecule has 5 atom stereocenters. The minimum Gasteiger partial charge on any atom is -0.353 e. The molecule has 3 N–H and O–H groups in total. The van der Waals surface area contributed by atoms with Crippen molar-refractivity contribution in [1.82, 2.24) is 25.6 Å². The number of carbonyl (C=O) groups is 4. The number of nitrogens with zero attached hydrogens (tertiary/aromatic N) is 3. The first-order chi connectivity index (χ1) is 18.1. The van der Waals surface area contributed by atoms with E-state index in [1.807, 2.05) is 45.0 Å². The number of hydrogen-bond donors (Lipinski definition) is 3. The molecule has 1 aromatic rings. The van der Waals surface area contributed by atoms with Gasteiger partial charge < -0.3 is 15.5 Å². The quantitative estimate of drug-likeness (QED) is 0.458. The Kier molecular flexibility index (Phi) is 8.60. The number of anilines is 1. The topological polar surface area (TPSA) is 114 Å². The van der Waals surface area contributed by atoms with Crippen LogP contribution in [0.1, 0.15) is 65.4 Å². The summed E-state index contributed by atoms with van der Waals surface area (Å²) in [5.74, 6) is -0.542. The number of para-hydroxylation sites is 1. The smallest absolute Gasteiger partial charge is 0.337 e. The third-order valence-corrected chi connectivity index (χ3v) is 8.10. The van der Waals surface area contributed by atoms with E-state index in [4.69, 9.17) is 0 Å². The van der Waals surface area contributed by atoms with Gasteiger partial charge in [0.25, 0.3) is 0 Å². The van der Waals surface area contributed by atoms with Crippen LogP contribution >= 0.6 is 0 Å². The summed E-state index contributed by atoms with van der Waals surface area (Å²) in [6.45, 7) is 10.4. The summed E-state index contributed by atoms with van der Waals surface area (Å²) in [4.78, 5) is 56.7. The van der Waals surface area contributed by atoms with Crippen LogP contribution in [0.25, 0.3) is 0 Å². The maximum atomic E-state index is 13.7. The number of benzene rings is 1. The molecule has 5 amide bonds. The first kappa shape index (κ1) is 27.9. The monoisotopic (exact) mass is 526 g/mol. The average Bonchev–Trinajstić information content (AvgIpc) is 3.20. The highest BCUT2D eigenvalue weighted by molar-refractivity contribution is 5.95. The number of hydrazine groups is 1. The Morgan fingerprint density at radius 2 is 1.87 bits per heavy atom. The van der Waals surface area contributed by atoms with Gasteiger partial charge in [0.15, 0.2) is 6.29 Å². The van der Waals surface area contributed by atoms with Crippen molar-refractivity contribution in [3.8, 4) is 0 Å². The number of nitrogens with one attached hydrogen (secondary N) is 3. The second-order valence-electron chi connectivity index (χ2n) is 11.4. The van der Waals surface area contributed by atoms with Crippen molar-refractivity contribution in [2.24, 2.45) is 17.8 Å². The SMILES string of the molecule is CCC(C)NC(=O)C1CCC2C(=O)N(CCC(C)C)C3NN(CC(=O)Nc4ccccc4C)C(=O)N3C2C1. The minimum absolute atomic E-state index is 0.0156. The summed E-state index contributed by atoms with van der Waals surface area (Å²) in [6, 6.07) is 6.81. The Hall–Kier alpha value is -3.14. The van der Waals surface area contributed by atoms with Crippen molar-refractivity contribution in [2.75, 3.05) is 18.4 Å². The third kappa shape index (κ3) is 5.80. The lowest BCUT2D eigenvalue weighted by atomic mass is 9.75. The Morgan fingerprint density at radius 1 is 1.13 bits per heavy atom. The van der Waals surface area contributed by atoms with Crippen molar-refractivity contribution in [3.63, 3.8) is 0 Å². The van der Waals surface area contributed by atoms with Crippen molar-refractivity contribution < 1.29 is 19.2 Å². The number of fused-ring (bicyclic) bond motifs is 3. The molecule has 5 unspecified atom stereocenters. The molecule has 3 fully saturated rings. The second kappa shape index (κ2) is 11.7. The summed E-state index contributed by atoms with van der Waals surface area (Å²) in [6.07, 6.45) is 2.59. The fraction of sp³-hybridized carbons (Fsp3) is 0.643. The average molecular weight is 527 g/mol. The lowest BCUT2D eigenvalue weighted by Gasteiger charge is -2.50. The molecule has 0 bridgehead atoms. The largest absolute Gasteiger partial charge is 0.353 e. The van der Waals surface area contributed by atoms with Gasteiger partial charge in [-0.1, -0.05) is 39.0 Å². The number of hydrogen-bond acceptors (Lipinski definition) is 5. The molecule has 0 radical (unpaired) electrons. The van der Waals surface area contributed by atoms with Gasteiger partial charge in [0.2, 0.25) is 17.7 Å². The predicted octanol–water partition coefficient (Wildman–Crippen LogP) is 3.05. The Labute approximate surface area is 225 Å². The van der Waals surface area contributed by atoms with Crippen LogP contribution in [0.4, 0.5) is 10.5 Å². The molecular formula is C28H42N6O4. The molecule has 0 aromatic heterocycles. The molecule has 3 aliphatic rings. The lowest BCUT2D eigenvalue weighted by molar-refractivity contribution is -0.159. The molecule has 1 saturated carbocycles. The van der Waals surface area contributed by atoms with Gasteiger partial charge in [0.05, 0.1) is 5.92 Å². The molecule has 1 aromatic carbocycles. The van der Waals surface area contributed by atoms with Crippen LogP contribution in [0.15, 0.2) is 24.3 Å². The highest BCUT2D eigenvalue weighted by Gasteiger charge is 2.56. The fourth-order valence-electron chi connectivity index (χ4n) is 5.61. The van der Waals surface area contributed by atoms with Crippen LogP contribution < -0.4 is 16.1 Å². The fourth-order valence-corrected chi connectivity index (χ4v) is 5.61. The molecule has 2 heterocycles. The molecule has 4 rings (SSSR count). The van der Waals surface area contributed by atoms with E-state index in [-0.39, 0.29) is 48.2 Å². The van der Waals surface area contributed by atoms with Gasteiger partial charge in [-0.2, -0.15) is 5.43 Å². The van der Waals surface area contributed by atoms with E-state index in [1.165, 1.54) is 5.01 Å². The van der Waals surface area contributed by atoms with E-state index >= 15 is 0 Å². The molecule has 38 heavy (non-hydrogen) atoms. The lowest BCUT2D eigenvalue weighted by Crippen LogP contribution is -2.67. The highest BCUT2D eigenvalue weighted by Crippen LogP contribution is 2.40. The number of rotatable bonds is 9. The maximum Gasteiger partial charge on any atom is 0.337 e. The molecule has 2 saturated heterocycles. The molecule has 1 aliphatic carbocycles. The van der Waals surface area contributed by atoms with E-state index in [0.29, 0.717) is 37.4 Å². The maximum absolute atomic E-state index is 13.7. The van der Waals surface area contributed by atoms with Crippen LogP contribution in [-0.2, 0) is 14.4 Å². The summed E-state index contributed by atoms with van der Waals surface area (Å²) < 4.78 is 0. The molecule has 208 valence electrons. The van der Waals surface area contributed by atoms with Gasteiger partial charge in [-0.3, -0.25) is 19.3 Å². The molecule has 0 spiro atoms.